The minimum absolute atomic E-state index is 0.0453. The van der Waals surface area contributed by atoms with Crippen LogP contribution in [0.1, 0.15) is 44.0 Å². The molecule has 3 heterocycles. The van der Waals surface area contributed by atoms with E-state index in [0.29, 0.717) is 22.5 Å². The van der Waals surface area contributed by atoms with Crippen molar-refractivity contribution in [3.05, 3.63) is 122 Å². The fraction of sp³-hybridized carbons (Fsp3) is 0.172. The Morgan fingerprint density at radius 1 is 0.875 bits per heavy atom. The van der Waals surface area contributed by atoms with Gasteiger partial charge in [-0.05, 0) is 67.4 Å². The van der Waals surface area contributed by atoms with Crippen molar-refractivity contribution < 1.29 is 31.1 Å². The molecular formula is C29H21F6N3O2. The summed E-state index contributed by atoms with van der Waals surface area (Å²) >= 11 is 0. The second-order valence-corrected chi connectivity index (χ2v) is 9.42. The number of rotatable bonds is 4. The van der Waals surface area contributed by atoms with Crippen LogP contribution in [0.2, 0.25) is 0 Å². The topological polar surface area (TPSA) is 56.0 Å². The maximum atomic E-state index is 13.7. The van der Waals surface area contributed by atoms with Crippen molar-refractivity contribution in [3.63, 3.8) is 0 Å². The lowest BCUT2D eigenvalue weighted by Gasteiger charge is -2.16. The quantitative estimate of drug-likeness (QED) is 0.217. The van der Waals surface area contributed by atoms with Crippen molar-refractivity contribution in [1.82, 2.24) is 9.13 Å². The average molecular weight is 557 g/mol. The van der Waals surface area contributed by atoms with Crippen LogP contribution < -0.4 is 10.9 Å². The first-order valence-electron chi connectivity index (χ1n) is 12.0. The number of carbonyl (C=O) groups excluding carboxylic acids is 1. The molecule has 0 spiro atoms. The van der Waals surface area contributed by atoms with Crippen LogP contribution in [0.5, 0.6) is 0 Å². The van der Waals surface area contributed by atoms with E-state index >= 15 is 0 Å². The Hall–Kier alpha value is -4.54. The minimum atomic E-state index is -4.57. The molecule has 11 heteroatoms. The molecule has 0 unspecified atom stereocenters. The zero-order chi connectivity index (χ0) is 29.0. The van der Waals surface area contributed by atoms with E-state index in [-0.39, 0.29) is 29.2 Å². The van der Waals surface area contributed by atoms with E-state index in [0.717, 1.165) is 18.2 Å². The highest BCUT2D eigenvalue weighted by Gasteiger charge is 2.35. The van der Waals surface area contributed by atoms with Crippen LogP contribution in [0.3, 0.4) is 0 Å². The fourth-order valence-corrected chi connectivity index (χ4v) is 4.82. The van der Waals surface area contributed by atoms with Gasteiger partial charge in [0.05, 0.1) is 34.7 Å². The first-order valence-corrected chi connectivity index (χ1v) is 12.0. The molecule has 0 radical (unpaired) electrons. The molecule has 0 saturated carbocycles. The number of aromatic nitrogens is 2. The molecule has 206 valence electrons. The number of nitrogens with zero attached hydrogens (tertiary/aromatic N) is 2. The number of ketones is 1. The number of alkyl halides is 6. The van der Waals surface area contributed by atoms with Crippen LogP contribution in [0.15, 0.2) is 77.4 Å². The zero-order valence-electron chi connectivity index (χ0n) is 21.1. The maximum absolute atomic E-state index is 13.7. The lowest BCUT2D eigenvalue weighted by molar-refractivity contribution is -0.138. The third-order valence-corrected chi connectivity index (χ3v) is 6.76. The number of pyridine rings is 1. The number of aryl methyl sites for hydroxylation is 1. The fourth-order valence-electron chi connectivity index (χ4n) is 4.82. The number of nitrogens with one attached hydrogen (secondary N) is 1. The van der Waals surface area contributed by atoms with Gasteiger partial charge in [-0.3, -0.25) is 9.59 Å². The minimum Gasteiger partial charge on any atom is -0.351 e. The van der Waals surface area contributed by atoms with E-state index in [2.05, 4.69) is 5.32 Å². The van der Waals surface area contributed by atoms with Gasteiger partial charge < -0.3 is 14.5 Å². The van der Waals surface area contributed by atoms with Crippen molar-refractivity contribution in [2.75, 3.05) is 5.32 Å². The number of anilines is 1. The second-order valence-electron chi connectivity index (χ2n) is 9.42. The molecule has 0 aliphatic carbocycles. The molecule has 40 heavy (non-hydrogen) atoms. The van der Waals surface area contributed by atoms with E-state index < -0.39 is 34.8 Å². The number of hydrogen-bond acceptors (Lipinski definition) is 3. The largest absolute Gasteiger partial charge is 0.418 e. The molecule has 0 amide bonds. The SMILES string of the molecule is Cc1cc(/C=C2/Nc3ccn(Cc4ccc(C(F)(F)F)cc4)c(=O)c3C2=O)c(C)n1-c1ccccc1C(F)(F)F. The normalized spacial score (nSPS) is 14.5. The zero-order valence-corrected chi connectivity index (χ0v) is 21.1. The van der Waals surface area contributed by atoms with E-state index in [1.807, 2.05) is 0 Å². The Bertz CT molecular complexity index is 1720. The van der Waals surface area contributed by atoms with Crippen molar-refractivity contribution >= 4 is 17.5 Å². The standard InChI is InChI=1S/C29H21F6N3O2/c1-16-13-19(17(2)38(16)24-6-4-3-5-21(24)29(33,34)35)14-23-26(39)25-22(36-23)11-12-37(27(25)40)15-18-7-9-20(10-8-18)28(30,31)32/h3-14,36H,15H2,1-2H3/b23-14+. The number of carbonyl (C=O) groups is 1. The molecule has 0 bridgehead atoms. The average Bonchev–Trinajstić information content (AvgIpc) is 3.35. The monoisotopic (exact) mass is 557 g/mol. The van der Waals surface area contributed by atoms with Gasteiger partial charge in [-0.1, -0.05) is 24.3 Å². The first-order chi connectivity index (χ1) is 18.8. The predicted octanol–water partition coefficient (Wildman–Crippen LogP) is 6.99. The molecular weight excluding hydrogens is 536 g/mol. The summed E-state index contributed by atoms with van der Waals surface area (Å²) in [4.78, 5) is 26.3. The Kier molecular flexibility index (Phi) is 6.48. The van der Waals surface area contributed by atoms with Gasteiger partial charge in [0.25, 0.3) is 5.56 Å². The summed E-state index contributed by atoms with van der Waals surface area (Å²) in [6.07, 6.45) is -6.13. The van der Waals surface area contributed by atoms with E-state index in [1.165, 1.54) is 57.8 Å². The lowest BCUT2D eigenvalue weighted by atomic mass is 10.1. The Morgan fingerprint density at radius 3 is 2.20 bits per heavy atom. The summed E-state index contributed by atoms with van der Waals surface area (Å²) in [7, 11) is 0. The van der Waals surface area contributed by atoms with Gasteiger partial charge in [0, 0.05) is 17.6 Å². The van der Waals surface area contributed by atoms with Crippen LogP contribution in [0.25, 0.3) is 11.8 Å². The van der Waals surface area contributed by atoms with Gasteiger partial charge in [0.15, 0.2) is 0 Å². The Balaban J connectivity index is 1.46. The summed E-state index contributed by atoms with van der Waals surface area (Å²) in [5, 5.41) is 2.90. The van der Waals surface area contributed by atoms with Gasteiger partial charge in [0.2, 0.25) is 5.78 Å². The Morgan fingerprint density at radius 2 is 1.55 bits per heavy atom. The molecule has 0 saturated heterocycles. The highest BCUT2D eigenvalue weighted by atomic mass is 19.4. The predicted molar refractivity (Wildman–Crippen MR) is 137 cm³/mol. The third-order valence-electron chi connectivity index (χ3n) is 6.76. The first kappa shape index (κ1) is 27.0. The van der Waals surface area contributed by atoms with Crippen LogP contribution in [0, 0.1) is 13.8 Å². The maximum Gasteiger partial charge on any atom is 0.418 e. The van der Waals surface area contributed by atoms with Gasteiger partial charge in [-0.25, -0.2) is 0 Å². The number of hydrogen-bond donors (Lipinski definition) is 1. The number of para-hydroxylation sites is 1. The third kappa shape index (κ3) is 4.83. The van der Waals surface area contributed by atoms with Crippen molar-refractivity contribution in [2.45, 2.75) is 32.7 Å². The van der Waals surface area contributed by atoms with Gasteiger partial charge in [-0.15, -0.1) is 0 Å². The molecule has 1 aliphatic heterocycles. The van der Waals surface area contributed by atoms with E-state index in [9.17, 15) is 35.9 Å². The van der Waals surface area contributed by atoms with Crippen LogP contribution >= 0.6 is 0 Å². The molecule has 0 atom stereocenters. The molecule has 1 aliphatic rings. The summed E-state index contributed by atoms with van der Waals surface area (Å²) in [5.41, 5.74) is -0.159. The number of allylic oxidation sites excluding steroid dienone is 1. The molecule has 5 nitrogen and oxygen atoms in total. The van der Waals surface area contributed by atoms with Crippen molar-refractivity contribution in [1.29, 1.82) is 0 Å². The van der Waals surface area contributed by atoms with Crippen molar-refractivity contribution in [3.8, 4) is 5.69 Å². The summed E-state index contributed by atoms with van der Waals surface area (Å²) < 4.78 is 82.2. The smallest absolute Gasteiger partial charge is 0.351 e. The number of benzene rings is 2. The number of halogens is 6. The molecule has 5 rings (SSSR count). The second kappa shape index (κ2) is 9.58. The number of Topliss-reactive ketones (excluding diaryl/α,β-unsaturated/α-hetero) is 1. The molecule has 2 aromatic heterocycles. The lowest BCUT2D eigenvalue weighted by Crippen LogP contribution is -2.24. The summed E-state index contributed by atoms with van der Waals surface area (Å²) in [6, 6.07) is 12.7. The summed E-state index contributed by atoms with van der Waals surface area (Å²) in [5.74, 6) is -0.595. The molecule has 4 aromatic rings. The van der Waals surface area contributed by atoms with Gasteiger partial charge >= 0.3 is 12.4 Å². The molecule has 2 aromatic carbocycles. The van der Waals surface area contributed by atoms with E-state index in [1.54, 1.807) is 19.9 Å². The highest BCUT2D eigenvalue weighted by molar-refractivity contribution is 6.20. The number of fused-ring (bicyclic) bond motifs is 1. The van der Waals surface area contributed by atoms with Crippen LogP contribution in [-0.2, 0) is 18.9 Å². The highest BCUT2D eigenvalue weighted by Crippen LogP contribution is 2.36. The molecule has 0 fully saturated rings. The van der Waals surface area contributed by atoms with Crippen molar-refractivity contribution in [2.24, 2.45) is 0 Å². The van der Waals surface area contributed by atoms with Crippen LogP contribution in [0.4, 0.5) is 32.0 Å². The van der Waals surface area contributed by atoms with Gasteiger partial charge in [0.1, 0.15) is 5.56 Å². The van der Waals surface area contributed by atoms with Gasteiger partial charge in [-0.2, -0.15) is 26.3 Å². The molecule has 1 N–H and O–H groups in total. The van der Waals surface area contributed by atoms with Crippen LogP contribution in [-0.4, -0.2) is 14.9 Å². The van der Waals surface area contributed by atoms with E-state index in [4.69, 9.17) is 0 Å². The summed E-state index contributed by atoms with van der Waals surface area (Å²) in [6.45, 7) is 3.24. The Labute approximate surface area is 224 Å².